The van der Waals surface area contributed by atoms with Crippen molar-refractivity contribution in [3.8, 4) is 0 Å². The summed E-state index contributed by atoms with van der Waals surface area (Å²) in [6, 6.07) is 4.55. The number of hydrogen-bond donors (Lipinski definition) is 1. The van der Waals surface area contributed by atoms with Crippen molar-refractivity contribution in [2.75, 3.05) is 25.5 Å². The minimum atomic E-state index is -0.279. The van der Waals surface area contributed by atoms with Crippen molar-refractivity contribution in [1.29, 1.82) is 0 Å². The zero-order chi connectivity index (χ0) is 15.4. The van der Waals surface area contributed by atoms with Crippen molar-refractivity contribution in [3.05, 3.63) is 28.2 Å². The molecule has 0 aromatic heterocycles. The third-order valence-electron chi connectivity index (χ3n) is 3.36. The highest BCUT2D eigenvalue weighted by Gasteiger charge is 2.29. The number of amides is 2. The van der Waals surface area contributed by atoms with Gasteiger partial charge < -0.3 is 15.0 Å². The number of likely N-dealkylation sites (tertiary alicyclic amines) is 1. The molecule has 0 radical (unpaired) electrons. The van der Waals surface area contributed by atoms with Crippen LogP contribution in [-0.2, 0) is 9.53 Å². The molecule has 0 spiro atoms. The first-order valence-electron chi connectivity index (χ1n) is 6.59. The van der Waals surface area contributed by atoms with E-state index >= 15 is 0 Å². The number of nitrogens with zero attached hydrogens (tertiary/aromatic N) is 1. The molecule has 114 valence electrons. The lowest BCUT2D eigenvalue weighted by molar-refractivity contribution is -0.146. The van der Waals surface area contributed by atoms with Crippen LogP contribution in [0.25, 0.3) is 0 Å². The Bertz CT molecular complexity index is 531. The van der Waals surface area contributed by atoms with Crippen molar-refractivity contribution in [3.63, 3.8) is 0 Å². The number of carbonyl (C=O) groups is 2. The Kier molecular flexibility index (Phi) is 5.31. The monoisotopic (exact) mass is 330 g/mol. The highest BCUT2D eigenvalue weighted by molar-refractivity contribution is 6.35. The third kappa shape index (κ3) is 4.25. The molecule has 1 fully saturated rings. The van der Waals surface area contributed by atoms with Crippen LogP contribution in [0.5, 0.6) is 0 Å². The SMILES string of the molecule is COC(=O)C1CCCN(C(=O)Nc2cc(Cl)cc(Cl)c2)C1. The highest BCUT2D eigenvalue weighted by atomic mass is 35.5. The molecule has 1 saturated heterocycles. The normalized spacial score (nSPS) is 18.2. The lowest BCUT2D eigenvalue weighted by Crippen LogP contribution is -2.44. The minimum absolute atomic E-state index is 0.266. The van der Waals surface area contributed by atoms with E-state index in [0.717, 1.165) is 12.8 Å². The summed E-state index contributed by atoms with van der Waals surface area (Å²) in [5, 5.41) is 3.63. The van der Waals surface area contributed by atoms with E-state index in [2.05, 4.69) is 5.32 Å². The topological polar surface area (TPSA) is 58.6 Å². The lowest BCUT2D eigenvalue weighted by Gasteiger charge is -2.31. The van der Waals surface area contributed by atoms with Crippen LogP contribution in [0.2, 0.25) is 10.0 Å². The number of urea groups is 1. The van der Waals surface area contributed by atoms with Gasteiger partial charge in [-0.15, -0.1) is 0 Å². The molecule has 0 bridgehead atoms. The number of piperidine rings is 1. The van der Waals surface area contributed by atoms with Crippen LogP contribution >= 0.6 is 23.2 Å². The summed E-state index contributed by atoms with van der Waals surface area (Å²) in [6.45, 7) is 0.959. The smallest absolute Gasteiger partial charge is 0.321 e. The fourth-order valence-electron chi connectivity index (χ4n) is 2.35. The maximum Gasteiger partial charge on any atom is 0.321 e. The molecule has 1 aromatic rings. The Morgan fingerprint density at radius 3 is 2.57 bits per heavy atom. The Morgan fingerprint density at radius 2 is 1.95 bits per heavy atom. The first-order valence-corrected chi connectivity index (χ1v) is 7.35. The Hall–Kier alpha value is -1.46. The van der Waals surface area contributed by atoms with Crippen molar-refractivity contribution in [2.45, 2.75) is 12.8 Å². The fraction of sp³-hybridized carbons (Fsp3) is 0.429. The molecule has 1 atom stereocenters. The maximum atomic E-state index is 12.2. The van der Waals surface area contributed by atoms with E-state index in [0.29, 0.717) is 28.8 Å². The van der Waals surface area contributed by atoms with Crippen LogP contribution in [0, 0.1) is 5.92 Å². The average Bonchev–Trinajstić information content (AvgIpc) is 2.45. The summed E-state index contributed by atoms with van der Waals surface area (Å²) in [5.74, 6) is -0.546. The van der Waals surface area contributed by atoms with Crippen LogP contribution in [-0.4, -0.2) is 37.1 Å². The average molecular weight is 331 g/mol. The molecule has 1 aliphatic heterocycles. The van der Waals surface area contributed by atoms with Gasteiger partial charge >= 0.3 is 12.0 Å². The van der Waals surface area contributed by atoms with Crippen molar-refractivity contribution in [1.82, 2.24) is 4.90 Å². The standard InChI is InChI=1S/C14H16Cl2N2O3/c1-21-13(19)9-3-2-4-18(8-9)14(20)17-12-6-10(15)5-11(16)7-12/h5-7,9H,2-4,8H2,1H3,(H,17,20). The summed E-state index contributed by atoms with van der Waals surface area (Å²) in [6.07, 6.45) is 1.50. The second-order valence-corrected chi connectivity index (χ2v) is 5.77. The number of nitrogens with one attached hydrogen (secondary N) is 1. The predicted molar refractivity (Wildman–Crippen MR) is 81.8 cm³/mol. The molecule has 1 aliphatic rings. The third-order valence-corrected chi connectivity index (χ3v) is 3.79. The van der Waals surface area contributed by atoms with Crippen LogP contribution in [0.15, 0.2) is 18.2 Å². The molecule has 2 amide bonds. The summed E-state index contributed by atoms with van der Waals surface area (Å²) < 4.78 is 4.74. The van der Waals surface area contributed by atoms with Gasteiger partial charge in [0.15, 0.2) is 0 Å². The number of carbonyl (C=O) groups excluding carboxylic acids is 2. The zero-order valence-electron chi connectivity index (χ0n) is 11.6. The molecule has 2 rings (SSSR count). The molecule has 1 aromatic carbocycles. The number of anilines is 1. The number of esters is 1. The van der Waals surface area contributed by atoms with Gasteiger partial charge in [0.2, 0.25) is 0 Å². The Morgan fingerprint density at radius 1 is 1.29 bits per heavy atom. The minimum Gasteiger partial charge on any atom is -0.469 e. The summed E-state index contributed by atoms with van der Waals surface area (Å²) in [5.41, 5.74) is 0.526. The van der Waals surface area contributed by atoms with Gasteiger partial charge in [-0.25, -0.2) is 4.79 Å². The first-order chi connectivity index (χ1) is 9.99. The van der Waals surface area contributed by atoms with Gasteiger partial charge in [-0.3, -0.25) is 4.79 Å². The van der Waals surface area contributed by atoms with Gasteiger partial charge in [-0.05, 0) is 31.0 Å². The molecule has 7 heteroatoms. The van der Waals surface area contributed by atoms with Gasteiger partial charge in [0.05, 0.1) is 13.0 Å². The fourth-order valence-corrected chi connectivity index (χ4v) is 2.88. The number of ether oxygens (including phenoxy) is 1. The number of benzene rings is 1. The summed E-state index contributed by atoms with van der Waals surface area (Å²) >= 11 is 11.8. The molecule has 0 saturated carbocycles. The van der Waals surface area contributed by atoms with Gasteiger partial charge in [0, 0.05) is 28.8 Å². The van der Waals surface area contributed by atoms with Crippen molar-refractivity contribution >= 4 is 40.9 Å². The molecule has 5 nitrogen and oxygen atoms in total. The van der Waals surface area contributed by atoms with Crippen molar-refractivity contribution in [2.24, 2.45) is 5.92 Å². The van der Waals surface area contributed by atoms with E-state index in [-0.39, 0.29) is 17.9 Å². The lowest BCUT2D eigenvalue weighted by atomic mass is 9.98. The molecule has 0 aliphatic carbocycles. The van der Waals surface area contributed by atoms with Gasteiger partial charge in [-0.1, -0.05) is 23.2 Å². The number of hydrogen-bond acceptors (Lipinski definition) is 3. The molecule has 21 heavy (non-hydrogen) atoms. The number of rotatable bonds is 2. The Balaban J connectivity index is 2.01. The van der Waals surface area contributed by atoms with E-state index in [1.165, 1.54) is 7.11 Å². The van der Waals surface area contributed by atoms with E-state index in [1.54, 1.807) is 23.1 Å². The largest absolute Gasteiger partial charge is 0.469 e. The van der Waals surface area contributed by atoms with Crippen LogP contribution in [0.4, 0.5) is 10.5 Å². The number of methoxy groups -OCH3 is 1. The quantitative estimate of drug-likeness (QED) is 0.845. The van der Waals surface area contributed by atoms with Gasteiger partial charge in [0.1, 0.15) is 0 Å². The predicted octanol–water partition coefficient (Wildman–Crippen LogP) is 3.41. The molecular formula is C14H16Cl2N2O3. The van der Waals surface area contributed by atoms with E-state index in [4.69, 9.17) is 27.9 Å². The summed E-state index contributed by atoms with van der Waals surface area (Å²) in [4.78, 5) is 25.4. The van der Waals surface area contributed by atoms with Gasteiger partial charge in [-0.2, -0.15) is 0 Å². The number of halogens is 2. The molecule has 1 N–H and O–H groups in total. The van der Waals surface area contributed by atoms with Crippen molar-refractivity contribution < 1.29 is 14.3 Å². The second-order valence-electron chi connectivity index (χ2n) is 4.90. The zero-order valence-corrected chi connectivity index (χ0v) is 13.1. The highest BCUT2D eigenvalue weighted by Crippen LogP contribution is 2.24. The van der Waals surface area contributed by atoms with E-state index in [1.807, 2.05) is 0 Å². The van der Waals surface area contributed by atoms with Crippen LogP contribution < -0.4 is 5.32 Å². The van der Waals surface area contributed by atoms with E-state index in [9.17, 15) is 9.59 Å². The van der Waals surface area contributed by atoms with E-state index < -0.39 is 0 Å². The van der Waals surface area contributed by atoms with Crippen LogP contribution in [0.1, 0.15) is 12.8 Å². The molecule has 1 heterocycles. The molecule has 1 unspecified atom stereocenters. The maximum absolute atomic E-state index is 12.2. The summed E-state index contributed by atoms with van der Waals surface area (Å²) in [7, 11) is 1.36. The van der Waals surface area contributed by atoms with Gasteiger partial charge in [0.25, 0.3) is 0 Å². The second kappa shape index (κ2) is 7.00. The molecular weight excluding hydrogens is 315 g/mol. The first kappa shape index (κ1) is 15.9. The van der Waals surface area contributed by atoms with Crippen LogP contribution in [0.3, 0.4) is 0 Å². The Labute approximate surface area is 133 Å².